The second-order valence-electron chi connectivity index (χ2n) is 7.49. The van der Waals surface area contributed by atoms with Crippen molar-refractivity contribution in [3.63, 3.8) is 0 Å². The van der Waals surface area contributed by atoms with E-state index in [0.717, 1.165) is 0 Å². The van der Waals surface area contributed by atoms with Crippen molar-refractivity contribution in [1.29, 1.82) is 0 Å². The highest BCUT2D eigenvalue weighted by Crippen LogP contribution is 2.47. The smallest absolute Gasteiger partial charge is 0.321 e. The molecule has 1 spiro atoms. The van der Waals surface area contributed by atoms with Crippen molar-refractivity contribution in [2.75, 3.05) is 32.6 Å². The molecule has 2 heterocycles. The number of hydrogen-bond acceptors (Lipinski definition) is 5. The normalized spacial score (nSPS) is 17.2. The van der Waals surface area contributed by atoms with E-state index in [1.807, 2.05) is 0 Å². The zero-order valence-corrected chi connectivity index (χ0v) is 17.6. The number of carbonyl (C=O) groups is 2. The zero-order valence-electron chi connectivity index (χ0n) is 16.9. The topological polar surface area (TPSA) is 77.1 Å². The molecule has 0 radical (unpaired) electrons. The fourth-order valence-electron chi connectivity index (χ4n) is 4.02. The monoisotopic (exact) mass is 430 g/mol. The van der Waals surface area contributed by atoms with E-state index in [2.05, 4.69) is 5.32 Å². The number of ether oxygens (including phenoxy) is 3. The minimum atomic E-state index is -0.656. The summed E-state index contributed by atoms with van der Waals surface area (Å²) in [4.78, 5) is 27.2. The predicted octanol–water partition coefficient (Wildman–Crippen LogP) is 4.39. The first-order valence-electron chi connectivity index (χ1n) is 9.73. The Labute approximate surface area is 179 Å². The molecule has 0 bridgehead atoms. The molecule has 0 saturated carbocycles. The maximum absolute atomic E-state index is 12.8. The summed E-state index contributed by atoms with van der Waals surface area (Å²) >= 11 is 5.98. The molecule has 4 rings (SSSR count). The first-order chi connectivity index (χ1) is 14.4. The summed E-state index contributed by atoms with van der Waals surface area (Å²) in [6.07, 6.45) is 1.36. The van der Waals surface area contributed by atoms with Crippen LogP contribution in [0.2, 0.25) is 5.02 Å². The van der Waals surface area contributed by atoms with Crippen molar-refractivity contribution in [2.45, 2.75) is 24.9 Å². The Morgan fingerprint density at radius 3 is 2.60 bits per heavy atom. The number of hydrogen-bond donors (Lipinski definition) is 1. The van der Waals surface area contributed by atoms with Crippen LogP contribution in [0.4, 0.5) is 10.5 Å². The Bertz CT molecular complexity index is 985. The number of Topliss-reactive ketones (excluding diaryl/α,β-unsaturated/α-hetero) is 1. The van der Waals surface area contributed by atoms with Crippen molar-refractivity contribution in [3.05, 3.63) is 47.0 Å². The van der Waals surface area contributed by atoms with Crippen molar-refractivity contribution in [2.24, 2.45) is 0 Å². The van der Waals surface area contributed by atoms with Crippen LogP contribution in [0.3, 0.4) is 0 Å². The van der Waals surface area contributed by atoms with E-state index in [1.165, 1.54) is 7.11 Å². The number of nitrogens with one attached hydrogen (secondary N) is 1. The number of benzene rings is 2. The third kappa shape index (κ3) is 3.77. The average Bonchev–Trinajstić information content (AvgIpc) is 2.73. The molecule has 8 heteroatoms. The van der Waals surface area contributed by atoms with Gasteiger partial charge < -0.3 is 24.4 Å². The second kappa shape index (κ2) is 8.07. The highest BCUT2D eigenvalue weighted by molar-refractivity contribution is 6.30. The van der Waals surface area contributed by atoms with Gasteiger partial charge in [0.1, 0.15) is 5.60 Å². The van der Waals surface area contributed by atoms with Crippen molar-refractivity contribution >= 4 is 29.1 Å². The van der Waals surface area contributed by atoms with E-state index < -0.39 is 5.60 Å². The van der Waals surface area contributed by atoms with E-state index in [-0.39, 0.29) is 18.2 Å². The fraction of sp³-hybridized carbons (Fsp3) is 0.364. The molecule has 1 fully saturated rings. The van der Waals surface area contributed by atoms with E-state index in [0.29, 0.717) is 59.5 Å². The van der Waals surface area contributed by atoms with Crippen molar-refractivity contribution < 1.29 is 23.8 Å². The summed E-state index contributed by atoms with van der Waals surface area (Å²) in [6.45, 7) is 0.947. The predicted molar refractivity (Wildman–Crippen MR) is 113 cm³/mol. The number of carbonyl (C=O) groups excluding carboxylic acids is 2. The van der Waals surface area contributed by atoms with E-state index in [4.69, 9.17) is 25.8 Å². The van der Waals surface area contributed by atoms with Crippen LogP contribution >= 0.6 is 11.6 Å². The number of fused-ring (bicyclic) bond motifs is 1. The first kappa shape index (κ1) is 20.3. The summed E-state index contributed by atoms with van der Waals surface area (Å²) in [5, 5.41) is 3.42. The number of piperidine rings is 1. The second-order valence-corrected chi connectivity index (χ2v) is 7.93. The summed E-state index contributed by atoms with van der Waals surface area (Å²) in [6, 6.07) is 10.2. The molecule has 2 aromatic rings. The largest absolute Gasteiger partial charge is 0.493 e. The van der Waals surface area contributed by atoms with E-state index in [1.54, 1.807) is 48.4 Å². The van der Waals surface area contributed by atoms with Crippen LogP contribution in [0.5, 0.6) is 17.2 Å². The van der Waals surface area contributed by atoms with Crippen LogP contribution in [-0.4, -0.2) is 49.6 Å². The minimum Gasteiger partial charge on any atom is -0.493 e. The Kier molecular flexibility index (Phi) is 5.47. The van der Waals surface area contributed by atoms with Crippen LogP contribution in [-0.2, 0) is 0 Å². The van der Waals surface area contributed by atoms with Gasteiger partial charge in [-0.15, -0.1) is 0 Å². The summed E-state index contributed by atoms with van der Waals surface area (Å²) in [7, 11) is 3.07. The molecule has 0 aromatic heterocycles. The van der Waals surface area contributed by atoms with Crippen LogP contribution in [0.15, 0.2) is 36.4 Å². The maximum Gasteiger partial charge on any atom is 0.321 e. The van der Waals surface area contributed by atoms with Gasteiger partial charge in [0.25, 0.3) is 0 Å². The van der Waals surface area contributed by atoms with Crippen LogP contribution in [0.1, 0.15) is 29.6 Å². The zero-order chi connectivity index (χ0) is 21.3. The van der Waals surface area contributed by atoms with Crippen LogP contribution < -0.4 is 19.5 Å². The molecule has 30 heavy (non-hydrogen) atoms. The number of halogens is 1. The van der Waals surface area contributed by atoms with Gasteiger partial charge in [-0.3, -0.25) is 4.79 Å². The van der Waals surface area contributed by atoms with Gasteiger partial charge in [-0.2, -0.15) is 0 Å². The first-order valence-corrected chi connectivity index (χ1v) is 10.1. The van der Waals surface area contributed by atoms with Gasteiger partial charge in [-0.05, 0) is 30.3 Å². The quantitative estimate of drug-likeness (QED) is 0.781. The van der Waals surface area contributed by atoms with Gasteiger partial charge in [0, 0.05) is 36.6 Å². The van der Waals surface area contributed by atoms with Gasteiger partial charge in [0.05, 0.1) is 26.2 Å². The lowest BCUT2D eigenvalue weighted by Gasteiger charge is -2.44. The fourth-order valence-corrected chi connectivity index (χ4v) is 4.22. The number of ketones is 1. The minimum absolute atomic E-state index is 0.00836. The highest BCUT2D eigenvalue weighted by atomic mass is 35.5. The lowest BCUT2D eigenvalue weighted by molar-refractivity contribution is -0.00163. The number of nitrogens with zero attached hydrogens (tertiary/aromatic N) is 1. The molecule has 158 valence electrons. The lowest BCUT2D eigenvalue weighted by Crippen LogP contribution is -2.53. The molecule has 2 aliphatic heterocycles. The maximum atomic E-state index is 12.8. The summed E-state index contributed by atoms with van der Waals surface area (Å²) in [5.74, 6) is 1.36. The van der Waals surface area contributed by atoms with Gasteiger partial charge in [-0.1, -0.05) is 17.7 Å². The molecule has 1 N–H and O–H groups in total. The number of likely N-dealkylation sites (tertiary alicyclic amines) is 1. The van der Waals surface area contributed by atoms with Gasteiger partial charge >= 0.3 is 6.03 Å². The molecule has 2 amide bonds. The van der Waals surface area contributed by atoms with E-state index >= 15 is 0 Å². The number of amides is 2. The van der Waals surface area contributed by atoms with Gasteiger partial charge in [0.2, 0.25) is 5.75 Å². The molecular weight excluding hydrogens is 408 g/mol. The SMILES string of the molecule is COc1ccc2c(c1OC)OC1(CCN(C(=O)Nc3cccc(Cl)c3)CC1)CC2=O. The van der Waals surface area contributed by atoms with E-state index in [9.17, 15) is 9.59 Å². The third-order valence-corrected chi connectivity index (χ3v) is 5.87. The van der Waals surface area contributed by atoms with Gasteiger partial charge in [-0.25, -0.2) is 4.79 Å². The average molecular weight is 431 g/mol. The molecule has 7 nitrogen and oxygen atoms in total. The van der Waals surface area contributed by atoms with Gasteiger partial charge in [0.15, 0.2) is 17.3 Å². The van der Waals surface area contributed by atoms with Crippen LogP contribution in [0.25, 0.3) is 0 Å². The summed E-state index contributed by atoms with van der Waals surface area (Å²) in [5.41, 5.74) is 0.485. The van der Waals surface area contributed by atoms with Crippen LogP contribution in [0, 0.1) is 0 Å². The number of anilines is 1. The molecule has 1 saturated heterocycles. The molecule has 0 aliphatic carbocycles. The van der Waals surface area contributed by atoms with Crippen molar-refractivity contribution in [3.8, 4) is 17.2 Å². The summed E-state index contributed by atoms with van der Waals surface area (Å²) < 4.78 is 17.2. The molecule has 0 unspecified atom stereocenters. The number of rotatable bonds is 3. The molecule has 2 aliphatic rings. The Balaban J connectivity index is 1.48. The standard InChI is InChI=1S/C22H23ClN2O5/c1-28-18-7-6-16-17(26)13-22(30-19(16)20(18)29-2)8-10-25(11-9-22)21(27)24-15-5-3-4-14(23)12-15/h3-7,12H,8-11,13H2,1-2H3,(H,24,27). The number of methoxy groups -OCH3 is 2. The molecule has 0 atom stereocenters. The third-order valence-electron chi connectivity index (χ3n) is 5.64. The Morgan fingerprint density at radius 2 is 1.93 bits per heavy atom. The highest BCUT2D eigenvalue weighted by Gasteiger charge is 2.45. The lowest BCUT2D eigenvalue weighted by atomic mass is 9.82. The Morgan fingerprint density at radius 1 is 1.17 bits per heavy atom. The number of urea groups is 1. The molecule has 2 aromatic carbocycles. The molecular formula is C22H23ClN2O5. The Hall–Kier alpha value is -2.93. The van der Waals surface area contributed by atoms with Crippen molar-refractivity contribution in [1.82, 2.24) is 4.90 Å².